The van der Waals surface area contributed by atoms with E-state index in [1.165, 1.54) is 56.4 Å². The second-order valence-electron chi connectivity index (χ2n) is 6.82. The van der Waals surface area contributed by atoms with Gasteiger partial charge in [0, 0.05) is 17.2 Å². The van der Waals surface area contributed by atoms with E-state index in [1.807, 2.05) is 0 Å². The van der Waals surface area contributed by atoms with Crippen LogP contribution in [0.4, 0.5) is 0 Å². The third kappa shape index (κ3) is 8.78. The molecule has 2 rings (SSSR count). The van der Waals surface area contributed by atoms with Gasteiger partial charge < -0.3 is 5.11 Å². The van der Waals surface area contributed by atoms with Gasteiger partial charge in [-0.3, -0.25) is 13.9 Å². The lowest BCUT2D eigenvalue weighted by molar-refractivity contribution is -0.137. The highest BCUT2D eigenvalue weighted by molar-refractivity contribution is 7.86. The van der Waals surface area contributed by atoms with E-state index in [2.05, 4.69) is 6.92 Å². The SMILES string of the molecule is CCCCCCCCCC(=O)O.O=S(=O)(O)c1cccc2c(S(=O)(=O)O)cccc12. The molecule has 0 atom stereocenters. The van der Waals surface area contributed by atoms with Crippen molar-refractivity contribution in [3.05, 3.63) is 36.4 Å². The van der Waals surface area contributed by atoms with E-state index in [0.29, 0.717) is 6.42 Å². The number of benzene rings is 2. The molecule has 30 heavy (non-hydrogen) atoms. The average Bonchev–Trinajstić information content (AvgIpc) is 2.65. The average molecular weight is 461 g/mol. The molecule has 10 heteroatoms. The van der Waals surface area contributed by atoms with Gasteiger partial charge in [0.2, 0.25) is 0 Å². The van der Waals surface area contributed by atoms with E-state index in [9.17, 15) is 21.6 Å². The first kappa shape index (κ1) is 26.0. The van der Waals surface area contributed by atoms with E-state index < -0.39 is 36.0 Å². The minimum absolute atomic E-state index is 0.0233. The maximum Gasteiger partial charge on any atom is 0.303 e. The molecule has 8 nitrogen and oxygen atoms in total. The molecule has 0 spiro atoms. The highest BCUT2D eigenvalue weighted by Crippen LogP contribution is 2.28. The molecular weight excluding hydrogens is 432 g/mol. The molecule has 2 aromatic rings. The van der Waals surface area contributed by atoms with Crippen molar-refractivity contribution in [1.29, 1.82) is 0 Å². The summed E-state index contributed by atoms with van der Waals surface area (Å²) in [7, 11) is -8.94. The molecule has 168 valence electrons. The van der Waals surface area contributed by atoms with Crippen LogP contribution in [0.25, 0.3) is 10.8 Å². The Bertz CT molecular complexity index is 972. The molecule has 0 aliphatic rings. The fourth-order valence-corrected chi connectivity index (χ4v) is 4.35. The van der Waals surface area contributed by atoms with E-state index in [0.717, 1.165) is 25.0 Å². The number of aliphatic carboxylic acids is 1. The number of hydrogen-bond donors (Lipinski definition) is 3. The summed E-state index contributed by atoms with van der Waals surface area (Å²) < 4.78 is 62.7. The van der Waals surface area contributed by atoms with Gasteiger partial charge >= 0.3 is 5.97 Å². The molecule has 0 unspecified atom stereocenters. The van der Waals surface area contributed by atoms with E-state index in [4.69, 9.17) is 14.2 Å². The van der Waals surface area contributed by atoms with Gasteiger partial charge in [-0.05, 0) is 18.6 Å². The van der Waals surface area contributed by atoms with Crippen LogP contribution in [0.2, 0.25) is 0 Å². The summed E-state index contributed by atoms with van der Waals surface area (Å²) in [5.41, 5.74) is 0. The number of carbonyl (C=O) groups is 1. The Kier molecular flexibility index (Phi) is 10.4. The third-order valence-electron chi connectivity index (χ3n) is 4.39. The van der Waals surface area contributed by atoms with Crippen LogP contribution in [-0.2, 0) is 25.0 Å². The van der Waals surface area contributed by atoms with Crippen LogP contribution >= 0.6 is 0 Å². The van der Waals surface area contributed by atoms with E-state index in [-0.39, 0.29) is 10.8 Å². The highest BCUT2D eigenvalue weighted by atomic mass is 32.2. The summed E-state index contributed by atoms with van der Waals surface area (Å²) in [4.78, 5) is 9.31. The van der Waals surface area contributed by atoms with Crippen molar-refractivity contribution >= 4 is 37.0 Å². The van der Waals surface area contributed by atoms with Crippen molar-refractivity contribution in [2.45, 2.75) is 68.1 Å². The third-order valence-corrected chi connectivity index (χ3v) is 6.22. The zero-order valence-electron chi connectivity index (χ0n) is 16.8. The number of unbranched alkanes of at least 4 members (excludes halogenated alkanes) is 6. The maximum absolute atomic E-state index is 11.2. The number of carboxylic acid groups (broad SMARTS) is 1. The van der Waals surface area contributed by atoms with Gasteiger partial charge in [-0.15, -0.1) is 0 Å². The van der Waals surface area contributed by atoms with Gasteiger partial charge in [0.05, 0.1) is 0 Å². The highest BCUT2D eigenvalue weighted by Gasteiger charge is 2.18. The van der Waals surface area contributed by atoms with Crippen molar-refractivity contribution in [1.82, 2.24) is 0 Å². The number of rotatable bonds is 10. The maximum atomic E-state index is 11.2. The van der Waals surface area contributed by atoms with Gasteiger partial charge in [0.25, 0.3) is 20.2 Å². The van der Waals surface area contributed by atoms with Crippen LogP contribution in [0.1, 0.15) is 58.3 Å². The second kappa shape index (κ2) is 12.0. The molecule has 0 amide bonds. The first-order valence-corrected chi connectivity index (χ1v) is 12.5. The summed E-state index contributed by atoms with van der Waals surface area (Å²) >= 11 is 0. The van der Waals surface area contributed by atoms with Crippen LogP contribution < -0.4 is 0 Å². The lowest BCUT2D eigenvalue weighted by Gasteiger charge is -2.06. The summed E-state index contributed by atoms with van der Waals surface area (Å²) in [6.07, 6.45) is 8.64. The lowest BCUT2D eigenvalue weighted by Crippen LogP contribution is -2.02. The fourth-order valence-electron chi connectivity index (χ4n) is 2.94. The largest absolute Gasteiger partial charge is 0.481 e. The quantitative estimate of drug-likeness (QED) is 0.346. The van der Waals surface area contributed by atoms with Gasteiger partial charge in [-0.25, -0.2) is 0 Å². The molecule has 0 heterocycles. The standard InChI is InChI=1S/C10H8O6S2.C10H20O2/c11-17(12,13)9-5-1-3-7-8(9)4-2-6-10(7)18(14,15)16;1-2-3-4-5-6-7-8-9-10(11)12/h1-6H,(H,11,12,13)(H,14,15,16);2-9H2,1H3,(H,11,12). The summed E-state index contributed by atoms with van der Waals surface area (Å²) in [5, 5.41) is 8.40. The van der Waals surface area contributed by atoms with Crippen molar-refractivity contribution in [3.8, 4) is 0 Å². The first-order chi connectivity index (χ1) is 14.0. The molecule has 2 aromatic carbocycles. The van der Waals surface area contributed by atoms with E-state index in [1.54, 1.807) is 0 Å². The van der Waals surface area contributed by atoms with Gasteiger partial charge in [-0.2, -0.15) is 16.8 Å². The number of carboxylic acids is 1. The van der Waals surface area contributed by atoms with Crippen molar-refractivity contribution < 1.29 is 35.8 Å². The summed E-state index contributed by atoms with van der Waals surface area (Å²) in [5.74, 6) is -0.663. The minimum atomic E-state index is -4.47. The molecule has 0 radical (unpaired) electrons. The van der Waals surface area contributed by atoms with Crippen molar-refractivity contribution in [2.75, 3.05) is 0 Å². The van der Waals surface area contributed by atoms with Crippen LogP contribution in [0.15, 0.2) is 46.2 Å². The number of hydrogen-bond acceptors (Lipinski definition) is 5. The molecular formula is C20H28O8S2. The Labute approximate surface area is 177 Å². The molecule has 3 N–H and O–H groups in total. The van der Waals surface area contributed by atoms with Crippen LogP contribution in [0.3, 0.4) is 0 Å². The molecule has 0 fully saturated rings. The van der Waals surface area contributed by atoms with Gasteiger partial charge in [0.15, 0.2) is 0 Å². The fraction of sp³-hybridized carbons (Fsp3) is 0.450. The predicted molar refractivity (Wildman–Crippen MR) is 114 cm³/mol. The smallest absolute Gasteiger partial charge is 0.303 e. The van der Waals surface area contributed by atoms with Gasteiger partial charge in [-0.1, -0.05) is 69.7 Å². The zero-order chi connectivity index (χ0) is 22.8. The molecule has 0 aromatic heterocycles. The Morgan fingerprint density at radius 2 is 1.13 bits per heavy atom. The molecule has 0 saturated carbocycles. The second-order valence-corrected chi connectivity index (χ2v) is 9.60. The van der Waals surface area contributed by atoms with Crippen LogP contribution in [-0.4, -0.2) is 37.0 Å². The van der Waals surface area contributed by atoms with Gasteiger partial charge in [0.1, 0.15) is 9.79 Å². The first-order valence-electron chi connectivity index (χ1n) is 9.67. The summed E-state index contributed by atoms with van der Waals surface area (Å²) in [6.45, 7) is 2.20. The van der Waals surface area contributed by atoms with Crippen LogP contribution in [0, 0.1) is 0 Å². The Balaban J connectivity index is 0.000000329. The topological polar surface area (TPSA) is 146 Å². The van der Waals surface area contributed by atoms with Crippen LogP contribution in [0.5, 0.6) is 0 Å². The molecule has 0 aliphatic heterocycles. The Hall–Kier alpha value is -2.01. The normalized spacial score (nSPS) is 11.7. The Morgan fingerprint density at radius 3 is 1.50 bits per heavy atom. The Morgan fingerprint density at radius 1 is 0.733 bits per heavy atom. The molecule has 0 saturated heterocycles. The monoisotopic (exact) mass is 460 g/mol. The summed E-state index contributed by atoms with van der Waals surface area (Å²) in [6, 6.07) is 7.53. The zero-order valence-corrected chi connectivity index (χ0v) is 18.5. The lowest BCUT2D eigenvalue weighted by atomic mass is 10.1. The predicted octanol–water partition coefficient (Wildman–Crippen LogP) is 4.54. The van der Waals surface area contributed by atoms with E-state index >= 15 is 0 Å². The number of fused-ring (bicyclic) bond motifs is 1. The molecule has 0 bridgehead atoms. The minimum Gasteiger partial charge on any atom is -0.481 e. The molecule has 0 aliphatic carbocycles. The van der Waals surface area contributed by atoms with Crippen molar-refractivity contribution in [3.63, 3.8) is 0 Å². The van der Waals surface area contributed by atoms with Crippen molar-refractivity contribution in [2.24, 2.45) is 0 Å².